The molecule has 2 aliphatic carbocycles. The number of fused-ring (bicyclic) bond motifs is 1. The molecule has 6 nitrogen and oxygen atoms in total. The van der Waals surface area contributed by atoms with Crippen molar-refractivity contribution in [1.82, 2.24) is 0 Å². The van der Waals surface area contributed by atoms with E-state index in [1.165, 1.54) is 7.11 Å². The highest BCUT2D eigenvalue weighted by Crippen LogP contribution is 2.61. The quantitative estimate of drug-likeness (QED) is 0.114. The Labute approximate surface area is 260 Å². The summed E-state index contributed by atoms with van der Waals surface area (Å²) in [6.45, 7) is 20.8. The van der Waals surface area contributed by atoms with E-state index in [0.717, 1.165) is 43.3 Å². The Balaban J connectivity index is 2.30. The summed E-state index contributed by atoms with van der Waals surface area (Å²) in [5.41, 5.74) is 1.97. The van der Waals surface area contributed by atoms with Crippen molar-refractivity contribution in [2.24, 2.45) is 34.5 Å². The average Bonchev–Trinajstić information content (AvgIpc) is 2.94. The van der Waals surface area contributed by atoms with Crippen molar-refractivity contribution in [1.29, 1.82) is 0 Å². The van der Waals surface area contributed by atoms with Crippen molar-refractivity contribution in [3.63, 3.8) is 0 Å². The van der Waals surface area contributed by atoms with Gasteiger partial charge in [-0.25, -0.2) is 0 Å². The maximum Gasteiger partial charge on any atom is 0.306 e. The van der Waals surface area contributed by atoms with Crippen LogP contribution in [-0.2, 0) is 28.6 Å². The molecule has 0 amide bonds. The van der Waals surface area contributed by atoms with E-state index < -0.39 is 23.4 Å². The van der Waals surface area contributed by atoms with E-state index in [2.05, 4.69) is 40.3 Å². The lowest BCUT2D eigenvalue weighted by Crippen LogP contribution is -2.52. The summed E-state index contributed by atoms with van der Waals surface area (Å²) in [4.78, 5) is 42.3. The van der Waals surface area contributed by atoms with Gasteiger partial charge in [0.05, 0.1) is 37.5 Å². The van der Waals surface area contributed by atoms with Gasteiger partial charge in [-0.1, -0.05) is 77.2 Å². The van der Waals surface area contributed by atoms with Crippen molar-refractivity contribution in [2.75, 3.05) is 14.2 Å². The highest BCUT2D eigenvalue weighted by molar-refractivity contribution is 6.12. The molecule has 1 heterocycles. The first kappa shape index (κ1) is 34.9. The van der Waals surface area contributed by atoms with Gasteiger partial charge in [-0.3, -0.25) is 14.4 Å². The molecule has 43 heavy (non-hydrogen) atoms. The zero-order valence-electron chi connectivity index (χ0n) is 28.5. The molecule has 240 valence electrons. The molecule has 3 aliphatic rings. The molecule has 0 aromatic carbocycles. The zero-order valence-corrected chi connectivity index (χ0v) is 28.5. The van der Waals surface area contributed by atoms with Gasteiger partial charge in [-0.2, -0.15) is 0 Å². The van der Waals surface area contributed by atoms with Crippen LogP contribution >= 0.6 is 0 Å². The average molecular weight is 597 g/mol. The number of allylic oxidation sites excluding steroid dienone is 6. The lowest BCUT2D eigenvalue weighted by Gasteiger charge is -2.56. The van der Waals surface area contributed by atoms with Crippen LogP contribution in [0.2, 0.25) is 0 Å². The molecule has 1 saturated heterocycles. The normalized spacial score (nSPS) is 28.9. The number of carbonyl (C=O) groups excluding carboxylic acids is 3. The Kier molecular flexibility index (Phi) is 11.3. The number of rotatable bonds is 14. The van der Waals surface area contributed by atoms with Crippen molar-refractivity contribution < 1.29 is 28.6 Å². The molecule has 0 bridgehead atoms. The van der Waals surface area contributed by atoms with Gasteiger partial charge < -0.3 is 14.2 Å². The molecule has 0 aromatic heterocycles. The molecule has 3 rings (SSSR count). The number of hydrogen-bond acceptors (Lipinski definition) is 6. The van der Waals surface area contributed by atoms with E-state index in [9.17, 15) is 9.59 Å². The number of unbranched alkanes of at least 4 members (excludes halogenated alkanes) is 3. The van der Waals surface area contributed by atoms with Gasteiger partial charge in [0.1, 0.15) is 17.6 Å². The van der Waals surface area contributed by atoms with Crippen LogP contribution in [0.1, 0.15) is 113 Å². The first-order valence-corrected chi connectivity index (χ1v) is 16.3. The second-order valence-electron chi connectivity index (χ2n) is 14.2. The summed E-state index contributed by atoms with van der Waals surface area (Å²) in [6, 6.07) is 0. The molecule has 1 aliphatic heterocycles. The molecule has 6 atom stereocenters. The number of hydrogen-bond donors (Lipinski definition) is 0. The predicted molar refractivity (Wildman–Crippen MR) is 171 cm³/mol. The van der Waals surface area contributed by atoms with Gasteiger partial charge in [0.25, 0.3) is 0 Å². The number of ketones is 2. The maximum absolute atomic E-state index is 15.3. The Morgan fingerprint density at radius 3 is 2.33 bits per heavy atom. The van der Waals surface area contributed by atoms with Crippen LogP contribution in [0.5, 0.6) is 0 Å². The highest BCUT2D eigenvalue weighted by Gasteiger charge is 2.59. The Morgan fingerprint density at radius 2 is 1.79 bits per heavy atom. The van der Waals surface area contributed by atoms with Crippen LogP contribution in [0, 0.1) is 34.5 Å². The molecule has 4 unspecified atom stereocenters. The van der Waals surface area contributed by atoms with Gasteiger partial charge in [-0.05, 0) is 70.6 Å². The minimum absolute atomic E-state index is 0.0573. The molecule has 0 spiro atoms. The summed E-state index contributed by atoms with van der Waals surface area (Å²) in [5, 5.41) is 0. The molecular weight excluding hydrogens is 540 g/mol. The summed E-state index contributed by atoms with van der Waals surface area (Å²) in [5.74, 6) is 0.0172. The van der Waals surface area contributed by atoms with Crippen molar-refractivity contribution >= 4 is 17.5 Å². The maximum atomic E-state index is 15.3. The number of ether oxygens (including phenoxy) is 3. The fraction of sp³-hybridized carbons (Fsp3) is 0.703. The minimum atomic E-state index is -1.08. The number of methoxy groups -OCH3 is 2. The van der Waals surface area contributed by atoms with E-state index >= 15 is 4.79 Å². The predicted octanol–water partition coefficient (Wildman–Crippen LogP) is 8.47. The summed E-state index contributed by atoms with van der Waals surface area (Å²) >= 11 is 0. The second-order valence-corrected chi connectivity index (χ2v) is 14.2. The first-order chi connectivity index (χ1) is 20.2. The smallest absolute Gasteiger partial charge is 0.306 e. The van der Waals surface area contributed by atoms with Gasteiger partial charge in [0.15, 0.2) is 11.6 Å². The van der Waals surface area contributed by atoms with Crippen molar-refractivity contribution in [3.05, 3.63) is 46.5 Å². The summed E-state index contributed by atoms with van der Waals surface area (Å²) < 4.78 is 17.8. The fourth-order valence-corrected chi connectivity index (χ4v) is 7.59. The first-order valence-electron chi connectivity index (χ1n) is 16.3. The number of Topliss-reactive ketones (excluding diaryl/α,β-unsaturated/α-hetero) is 2. The molecular formula is C37H56O6. The largest absolute Gasteiger partial charge is 0.499 e. The molecule has 2 fully saturated rings. The van der Waals surface area contributed by atoms with E-state index in [4.69, 9.17) is 14.2 Å². The lowest BCUT2D eigenvalue weighted by atomic mass is 9.48. The fourth-order valence-electron chi connectivity index (χ4n) is 7.59. The van der Waals surface area contributed by atoms with Gasteiger partial charge >= 0.3 is 5.97 Å². The van der Waals surface area contributed by atoms with Crippen LogP contribution in [0.4, 0.5) is 0 Å². The minimum Gasteiger partial charge on any atom is -0.499 e. The van der Waals surface area contributed by atoms with Crippen LogP contribution in [0.15, 0.2) is 46.5 Å². The van der Waals surface area contributed by atoms with E-state index in [1.54, 1.807) is 7.11 Å². The van der Waals surface area contributed by atoms with Crippen LogP contribution < -0.4 is 0 Å². The Morgan fingerprint density at radius 1 is 1.12 bits per heavy atom. The van der Waals surface area contributed by atoms with E-state index in [-0.39, 0.29) is 35.3 Å². The van der Waals surface area contributed by atoms with Gasteiger partial charge in [0.2, 0.25) is 0 Å². The van der Waals surface area contributed by atoms with Crippen LogP contribution in [0.25, 0.3) is 0 Å². The van der Waals surface area contributed by atoms with Crippen LogP contribution in [0.3, 0.4) is 0 Å². The third-order valence-corrected chi connectivity index (χ3v) is 10.7. The highest BCUT2D eigenvalue weighted by atomic mass is 16.5. The SMILES string of the molecule is C=C(C)C1CC(CC2(CC=C(C)C)C(=O)C(C(CCCCCC)CC(=O)OC)=C3O[C@H](C)[C@@H](C)C(=O)C3=C2OC)C1(C)C. The Hall–Kier alpha value is -2.63. The van der Waals surface area contributed by atoms with E-state index in [0.29, 0.717) is 47.8 Å². The standard InChI is InChI=1S/C37H56O6/c1-12-13-14-15-16-26(19-29(38)41-10)30-33-31(32(39)24(6)25(7)43-33)35(42-11)37(34(30)40,18-17-22(2)3)21-27-20-28(23(4)5)36(27,8)9/h17,24-28H,4,12-16,18-21H2,1-3,5-11H3/t24-,25-,26?,27?,28?,37?/m1/s1. The molecule has 0 N–H and O–H groups in total. The van der Waals surface area contributed by atoms with Gasteiger partial charge in [0, 0.05) is 11.5 Å². The zero-order chi connectivity index (χ0) is 32.3. The number of carbonyl (C=O) groups is 3. The summed E-state index contributed by atoms with van der Waals surface area (Å²) in [7, 11) is 2.95. The van der Waals surface area contributed by atoms with Crippen molar-refractivity contribution in [2.45, 2.75) is 119 Å². The van der Waals surface area contributed by atoms with Crippen molar-refractivity contribution in [3.8, 4) is 0 Å². The van der Waals surface area contributed by atoms with Crippen LogP contribution in [-0.4, -0.2) is 37.9 Å². The van der Waals surface area contributed by atoms with E-state index in [1.807, 2.05) is 27.7 Å². The number of esters is 1. The Bertz CT molecular complexity index is 1200. The monoisotopic (exact) mass is 596 g/mol. The third-order valence-electron chi connectivity index (χ3n) is 10.7. The molecule has 0 radical (unpaired) electrons. The molecule has 6 heteroatoms. The van der Waals surface area contributed by atoms with Gasteiger partial charge in [-0.15, -0.1) is 0 Å². The molecule has 0 aromatic rings. The third kappa shape index (κ3) is 6.73. The second kappa shape index (κ2) is 14.0. The topological polar surface area (TPSA) is 78.9 Å². The summed E-state index contributed by atoms with van der Waals surface area (Å²) in [6.07, 6.45) is 8.34. The molecule has 1 saturated carbocycles. The lowest BCUT2D eigenvalue weighted by molar-refractivity contribution is -0.141.